The number of allylic oxidation sites excluding steroid dienone is 2. The van der Waals surface area contributed by atoms with Gasteiger partial charge in [-0.25, -0.2) is 4.79 Å². The van der Waals surface area contributed by atoms with E-state index in [1.165, 1.54) is 0 Å². The van der Waals surface area contributed by atoms with Gasteiger partial charge < -0.3 is 19.9 Å². The van der Waals surface area contributed by atoms with Gasteiger partial charge in [0.05, 0.1) is 19.6 Å². The molecule has 1 rings (SSSR count). The highest BCUT2D eigenvalue weighted by molar-refractivity contribution is 5.67. The number of nitrogens with one attached hydrogen (secondary N) is 1. The minimum atomic E-state index is -0.893. The molecule has 6 nitrogen and oxygen atoms in total. The number of carbonyl (C=O) groups is 2. The fraction of sp³-hybridized carbons (Fsp3) is 0.714. The van der Waals surface area contributed by atoms with Crippen molar-refractivity contribution in [1.82, 2.24) is 5.32 Å². The van der Waals surface area contributed by atoms with Crippen LogP contribution in [0.4, 0.5) is 4.79 Å². The Labute approximate surface area is 119 Å². The number of hydrogen-bond acceptors (Lipinski definition) is 4. The van der Waals surface area contributed by atoms with Crippen LogP contribution in [0.2, 0.25) is 0 Å². The maximum Gasteiger partial charge on any atom is 0.407 e. The molecule has 0 aromatic rings. The Kier molecular flexibility index (Phi) is 8.46. The Balaban J connectivity index is 2.04. The van der Waals surface area contributed by atoms with Crippen molar-refractivity contribution in [3.05, 3.63) is 12.2 Å². The number of alkyl carbamates (subject to hydrolysis) is 1. The summed E-state index contributed by atoms with van der Waals surface area (Å²) < 4.78 is 10.4. The van der Waals surface area contributed by atoms with Crippen molar-refractivity contribution in [2.24, 2.45) is 0 Å². The van der Waals surface area contributed by atoms with E-state index in [0.717, 1.165) is 32.1 Å². The van der Waals surface area contributed by atoms with Crippen molar-refractivity contribution in [1.29, 1.82) is 0 Å². The third-order valence-electron chi connectivity index (χ3n) is 2.97. The average molecular weight is 285 g/mol. The molecule has 1 aliphatic rings. The zero-order valence-electron chi connectivity index (χ0n) is 11.7. The van der Waals surface area contributed by atoms with Gasteiger partial charge >= 0.3 is 12.1 Å². The normalized spacial score (nSPS) is 20.5. The van der Waals surface area contributed by atoms with Gasteiger partial charge in [0.1, 0.15) is 6.10 Å². The predicted octanol–water partition coefficient (Wildman–Crippen LogP) is 2.09. The Morgan fingerprint density at radius 2 is 2.00 bits per heavy atom. The number of rotatable bonds is 7. The van der Waals surface area contributed by atoms with E-state index >= 15 is 0 Å². The minimum absolute atomic E-state index is 0.0205. The van der Waals surface area contributed by atoms with Crippen molar-refractivity contribution in [3.8, 4) is 0 Å². The van der Waals surface area contributed by atoms with Gasteiger partial charge in [-0.2, -0.15) is 0 Å². The van der Waals surface area contributed by atoms with E-state index < -0.39 is 12.1 Å². The molecule has 0 saturated carbocycles. The topological polar surface area (TPSA) is 84.9 Å². The van der Waals surface area contributed by atoms with E-state index in [0.29, 0.717) is 6.54 Å². The van der Waals surface area contributed by atoms with E-state index in [-0.39, 0.29) is 25.7 Å². The van der Waals surface area contributed by atoms with Crippen LogP contribution in [0, 0.1) is 0 Å². The highest BCUT2D eigenvalue weighted by atomic mass is 16.6. The average Bonchev–Trinajstić information content (AvgIpc) is 2.36. The lowest BCUT2D eigenvalue weighted by molar-refractivity contribution is -0.138. The van der Waals surface area contributed by atoms with E-state index in [2.05, 4.69) is 17.5 Å². The van der Waals surface area contributed by atoms with Crippen LogP contribution in [0.5, 0.6) is 0 Å². The van der Waals surface area contributed by atoms with E-state index in [1.807, 2.05) is 0 Å². The second kappa shape index (κ2) is 10.3. The molecule has 0 bridgehead atoms. The quantitative estimate of drug-likeness (QED) is 0.552. The summed E-state index contributed by atoms with van der Waals surface area (Å²) in [6, 6.07) is 0. The first-order valence-electron chi connectivity index (χ1n) is 7.07. The van der Waals surface area contributed by atoms with Gasteiger partial charge in [0.2, 0.25) is 0 Å². The van der Waals surface area contributed by atoms with Crippen LogP contribution in [0.1, 0.15) is 38.5 Å². The molecule has 1 amide bonds. The highest BCUT2D eigenvalue weighted by Crippen LogP contribution is 2.15. The summed E-state index contributed by atoms with van der Waals surface area (Å²) in [6.07, 6.45) is 8.59. The van der Waals surface area contributed by atoms with Gasteiger partial charge in [-0.3, -0.25) is 4.79 Å². The van der Waals surface area contributed by atoms with Crippen LogP contribution in [-0.2, 0) is 14.3 Å². The summed E-state index contributed by atoms with van der Waals surface area (Å²) >= 11 is 0. The number of carboxylic acids is 1. The van der Waals surface area contributed by atoms with Crippen molar-refractivity contribution in [2.45, 2.75) is 44.6 Å². The fourth-order valence-electron chi connectivity index (χ4n) is 1.92. The number of carbonyl (C=O) groups excluding carboxylic acids is 1. The lowest BCUT2D eigenvalue weighted by Gasteiger charge is -2.18. The first kappa shape index (κ1) is 16.5. The number of ether oxygens (including phenoxy) is 2. The van der Waals surface area contributed by atoms with Crippen LogP contribution >= 0.6 is 0 Å². The molecule has 0 spiro atoms. The summed E-state index contributed by atoms with van der Waals surface area (Å²) in [7, 11) is 0. The van der Waals surface area contributed by atoms with E-state index in [9.17, 15) is 9.59 Å². The summed E-state index contributed by atoms with van der Waals surface area (Å²) in [6.45, 7) is 0.766. The smallest absolute Gasteiger partial charge is 0.407 e. The van der Waals surface area contributed by atoms with Crippen LogP contribution in [-0.4, -0.2) is 43.0 Å². The van der Waals surface area contributed by atoms with Gasteiger partial charge in [0.15, 0.2) is 0 Å². The second-order valence-corrected chi connectivity index (χ2v) is 4.69. The standard InChI is InChI=1S/C14H23NO5/c16-13(17)8-10-19-11-9-15-14(18)20-12-6-4-2-1-3-5-7-12/h1-2,12H,3-11H2,(H,15,18)(H,16,17)/b2-1+. The molecule has 20 heavy (non-hydrogen) atoms. The highest BCUT2D eigenvalue weighted by Gasteiger charge is 2.14. The zero-order valence-corrected chi connectivity index (χ0v) is 11.7. The maximum atomic E-state index is 11.5. The first-order chi connectivity index (χ1) is 9.68. The first-order valence-corrected chi connectivity index (χ1v) is 7.07. The third kappa shape index (κ3) is 8.53. The van der Waals surface area contributed by atoms with Crippen molar-refractivity contribution in [2.75, 3.05) is 19.8 Å². The molecule has 0 aliphatic heterocycles. The molecule has 0 aromatic carbocycles. The van der Waals surface area contributed by atoms with Gasteiger partial charge in [0, 0.05) is 6.54 Å². The summed E-state index contributed by atoms with van der Waals surface area (Å²) in [4.78, 5) is 21.8. The summed E-state index contributed by atoms with van der Waals surface area (Å²) in [5, 5.41) is 11.0. The van der Waals surface area contributed by atoms with Gasteiger partial charge in [0.25, 0.3) is 0 Å². The molecule has 1 aliphatic carbocycles. The molecule has 0 radical (unpaired) electrons. The molecule has 114 valence electrons. The molecule has 0 heterocycles. The SMILES string of the molecule is O=C(O)CCOCCNC(=O)OC1CC/C=C/CCC1. The number of carboxylic acid groups (broad SMARTS) is 1. The monoisotopic (exact) mass is 285 g/mol. The van der Waals surface area contributed by atoms with Gasteiger partial charge in [-0.15, -0.1) is 0 Å². The third-order valence-corrected chi connectivity index (χ3v) is 2.97. The van der Waals surface area contributed by atoms with Gasteiger partial charge in [-0.05, 0) is 32.1 Å². The summed E-state index contributed by atoms with van der Waals surface area (Å²) in [5.74, 6) is -0.893. The molecule has 6 heteroatoms. The lowest BCUT2D eigenvalue weighted by Crippen LogP contribution is -2.31. The Morgan fingerprint density at radius 3 is 2.80 bits per heavy atom. The second-order valence-electron chi connectivity index (χ2n) is 4.69. The van der Waals surface area contributed by atoms with Crippen LogP contribution in [0.15, 0.2) is 12.2 Å². The Hall–Kier alpha value is -1.56. The molecule has 1 unspecified atom stereocenters. The number of amides is 1. The molecular weight excluding hydrogens is 262 g/mol. The van der Waals surface area contributed by atoms with E-state index in [1.54, 1.807) is 0 Å². The minimum Gasteiger partial charge on any atom is -0.481 e. The number of aliphatic carboxylic acids is 1. The molecular formula is C14H23NO5. The molecule has 0 fully saturated rings. The maximum absolute atomic E-state index is 11.5. The van der Waals surface area contributed by atoms with Crippen LogP contribution in [0.3, 0.4) is 0 Å². The largest absolute Gasteiger partial charge is 0.481 e. The van der Waals surface area contributed by atoms with Crippen LogP contribution < -0.4 is 5.32 Å². The van der Waals surface area contributed by atoms with Crippen molar-refractivity contribution in [3.63, 3.8) is 0 Å². The lowest BCUT2D eigenvalue weighted by atomic mass is 10.0. The number of hydrogen-bond donors (Lipinski definition) is 2. The molecule has 2 N–H and O–H groups in total. The Morgan fingerprint density at radius 1 is 1.20 bits per heavy atom. The van der Waals surface area contributed by atoms with Crippen molar-refractivity contribution < 1.29 is 24.2 Å². The van der Waals surface area contributed by atoms with E-state index in [4.69, 9.17) is 14.6 Å². The molecule has 0 saturated heterocycles. The van der Waals surface area contributed by atoms with Crippen molar-refractivity contribution >= 4 is 12.1 Å². The predicted molar refractivity (Wildman–Crippen MR) is 73.6 cm³/mol. The fourth-order valence-corrected chi connectivity index (χ4v) is 1.92. The van der Waals surface area contributed by atoms with Gasteiger partial charge in [-0.1, -0.05) is 12.2 Å². The Bertz CT molecular complexity index is 330. The van der Waals surface area contributed by atoms with Crippen LogP contribution in [0.25, 0.3) is 0 Å². The molecule has 1 atom stereocenters. The molecule has 0 aromatic heterocycles. The summed E-state index contributed by atoms with van der Waals surface area (Å²) in [5.41, 5.74) is 0. The zero-order chi connectivity index (χ0) is 14.6.